The summed E-state index contributed by atoms with van der Waals surface area (Å²) in [6, 6.07) is 0.905. The fourth-order valence-corrected chi connectivity index (χ4v) is 2.41. The van der Waals surface area contributed by atoms with E-state index in [0.29, 0.717) is 6.04 Å². The molecule has 1 aliphatic carbocycles. The standard InChI is InChI=1S/C12H25NO/c1-9(2)11-4-6-12(7-5-11)13-10(3)8-14/h9-14H,4-8H2,1-3H3/t10-,11?,12?/m0/s1. The first-order chi connectivity index (χ1) is 6.63. The van der Waals surface area contributed by atoms with Gasteiger partial charge in [-0.25, -0.2) is 0 Å². The van der Waals surface area contributed by atoms with Crippen molar-refractivity contribution < 1.29 is 5.11 Å². The fraction of sp³-hybridized carbons (Fsp3) is 1.00. The second-order valence-corrected chi connectivity index (χ2v) is 5.11. The highest BCUT2D eigenvalue weighted by Gasteiger charge is 2.23. The molecule has 0 spiro atoms. The SMILES string of the molecule is CC(C)C1CCC(N[C@@H](C)CO)CC1. The Labute approximate surface area is 88.1 Å². The molecule has 0 unspecified atom stereocenters. The van der Waals surface area contributed by atoms with Crippen LogP contribution in [-0.4, -0.2) is 23.8 Å². The van der Waals surface area contributed by atoms with E-state index in [9.17, 15) is 0 Å². The molecule has 0 aromatic carbocycles. The van der Waals surface area contributed by atoms with Crippen LogP contribution in [0.5, 0.6) is 0 Å². The molecule has 1 saturated carbocycles. The van der Waals surface area contributed by atoms with Crippen LogP contribution < -0.4 is 5.32 Å². The van der Waals surface area contributed by atoms with Gasteiger partial charge in [0.2, 0.25) is 0 Å². The Morgan fingerprint density at radius 1 is 1.14 bits per heavy atom. The number of hydrogen-bond donors (Lipinski definition) is 2. The predicted octanol–water partition coefficient (Wildman–Crippen LogP) is 2.17. The lowest BCUT2D eigenvalue weighted by Gasteiger charge is -2.32. The maximum Gasteiger partial charge on any atom is 0.0582 e. The van der Waals surface area contributed by atoms with Crippen molar-refractivity contribution in [1.29, 1.82) is 0 Å². The predicted molar refractivity (Wildman–Crippen MR) is 60.3 cm³/mol. The van der Waals surface area contributed by atoms with Crippen LogP contribution in [0.25, 0.3) is 0 Å². The maximum atomic E-state index is 8.94. The zero-order valence-corrected chi connectivity index (χ0v) is 9.79. The molecular weight excluding hydrogens is 174 g/mol. The third-order valence-electron chi connectivity index (χ3n) is 3.51. The molecule has 2 nitrogen and oxygen atoms in total. The van der Waals surface area contributed by atoms with E-state index in [0.717, 1.165) is 11.8 Å². The van der Waals surface area contributed by atoms with Crippen LogP contribution >= 0.6 is 0 Å². The van der Waals surface area contributed by atoms with Gasteiger partial charge in [-0.3, -0.25) is 0 Å². The summed E-state index contributed by atoms with van der Waals surface area (Å²) in [5.74, 6) is 1.77. The van der Waals surface area contributed by atoms with Crippen LogP contribution in [-0.2, 0) is 0 Å². The first kappa shape index (κ1) is 12.0. The quantitative estimate of drug-likeness (QED) is 0.727. The molecular formula is C12H25NO. The Morgan fingerprint density at radius 3 is 2.14 bits per heavy atom. The van der Waals surface area contributed by atoms with Gasteiger partial charge in [0.05, 0.1) is 6.61 Å². The summed E-state index contributed by atoms with van der Waals surface area (Å²) in [6.45, 7) is 6.96. The van der Waals surface area contributed by atoms with Crippen molar-refractivity contribution >= 4 is 0 Å². The lowest BCUT2D eigenvalue weighted by atomic mass is 9.79. The summed E-state index contributed by atoms with van der Waals surface area (Å²) in [5.41, 5.74) is 0. The van der Waals surface area contributed by atoms with Crippen molar-refractivity contribution in [1.82, 2.24) is 5.32 Å². The minimum Gasteiger partial charge on any atom is -0.395 e. The molecule has 1 rings (SSSR count). The smallest absolute Gasteiger partial charge is 0.0582 e. The highest BCUT2D eigenvalue weighted by atomic mass is 16.3. The first-order valence-electron chi connectivity index (χ1n) is 6.00. The lowest BCUT2D eigenvalue weighted by Crippen LogP contribution is -2.41. The highest BCUT2D eigenvalue weighted by Crippen LogP contribution is 2.29. The van der Waals surface area contributed by atoms with Crippen LogP contribution in [0.3, 0.4) is 0 Å². The summed E-state index contributed by atoms with van der Waals surface area (Å²) in [4.78, 5) is 0. The van der Waals surface area contributed by atoms with Gasteiger partial charge < -0.3 is 10.4 Å². The zero-order chi connectivity index (χ0) is 10.6. The Morgan fingerprint density at radius 2 is 1.71 bits per heavy atom. The molecule has 0 aromatic heterocycles. The number of rotatable bonds is 4. The van der Waals surface area contributed by atoms with Crippen molar-refractivity contribution in [2.45, 2.75) is 58.5 Å². The Hall–Kier alpha value is -0.0800. The summed E-state index contributed by atoms with van der Waals surface area (Å²) in [5, 5.41) is 12.4. The van der Waals surface area contributed by atoms with Gasteiger partial charge in [-0.15, -0.1) is 0 Å². The molecule has 0 heterocycles. The van der Waals surface area contributed by atoms with Crippen LogP contribution in [0.15, 0.2) is 0 Å². The van der Waals surface area contributed by atoms with Gasteiger partial charge in [0.25, 0.3) is 0 Å². The monoisotopic (exact) mass is 199 g/mol. The molecule has 2 heteroatoms. The summed E-state index contributed by atoms with van der Waals surface area (Å²) in [6.07, 6.45) is 5.28. The van der Waals surface area contributed by atoms with Gasteiger partial charge in [-0.2, -0.15) is 0 Å². The van der Waals surface area contributed by atoms with Gasteiger partial charge in [-0.05, 0) is 44.4 Å². The number of aliphatic hydroxyl groups is 1. The molecule has 0 aromatic rings. The molecule has 1 fully saturated rings. The second-order valence-electron chi connectivity index (χ2n) is 5.11. The third-order valence-corrected chi connectivity index (χ3v) is 3.51. The van der Waals surface area contributed by atoms with E-state index >= 15 is 0 Å². The van der Waals surface area contributed by atoms with E-state index in [4.69, 9.17) is 5.11 Å². The maximum absolute atomic E-state index is 8.94. The minimum absolute atomic E-state index is 0.254. The Balaban J connectivity index is 2.22. The number of hydrogen-bond acceptors (Lipinski definition) is 2. The van der Waals surface area contributed by atoms with Crippen LogP contribution in [0.4, 0.5) is 0 Å². The number of nitrogens with one attached hydrogen (secondary N) is 1. The molecule has 0 bridgehead atoms. The van der Waals surface area contributed by atoms with Gasteiger partial charge in [0.1, 0.15) is 0 Å². The highest BCUT2D eigenvalue weighted by molar-refractivity contribution is 4.80. The molecule has 1 atom stereocenters. The normalized spacial score (nSPS) is 30.6. The summed E-state index contributed by atoms with van der Waals surface area (Å²) < 4.78 is 0. The molecule has 0 amide bonds. The lowest BCUT2D eigenvalue weighted by molar-refractivity contribution is 0.199. The van der Waals surface area contributed by atoms with Gasteiger partial charge in [-0.1, -0.05) is 13.8 Å². The molecule has 84 valence electrons. The molecule has 0 aliphatic heterocycles. The van der Waals surface area contributed by atoms with E-state index in [1.165, 1.54) is 25.7 Å². The average Bonchev–Trinajstić information content (AvgIpc) is 2.18. The third kappa shape index (κ3) is 3.58. The average molecular weight is 199 g/mol. The molecule has 0 radical (unpaired) electrons. The Kier molecular flexibility index (Phi) is 4.90. The topological polar surface area (TPSA) is 32.3 Å². The van der Waals surface area contributed by atoms with Gasteiger partial charge in [0.15, 0.2) is 0 Å². The van der Waals surface area contributed by atoms with Crippen molar-refractivity contribution in [3.63, 3.8) is 0 Å². The van der Waals surface area contributed by atoms with Crippen molar-refractivity contribution in [2.75, 3.05) is 6.61 Å². The fourth-order valence-electron chi connectivity index (χ4n) is 2.41. The largest absolute Gasteiger partial charge is 0.395 e. The van der Waals surface area contributed by atoms with Crippen molar-refractivity contribution in [2.24, 2.45) is 11.8 Å². The van der Waals surface area contributed by atoms with Crippen LogP contribution in [0.2, 0.25) is 0 Å². The summed E-state index contributed by atoms with van der Waals surface area (Å²) >= 11 is 0. The van der Waals surface area contributed by atoms with E-state index < -0.39 is 0 Å². The van der Waals surface area contributed by atoms with Crippen LogP contribution in [0.1, 0.15) is 46.5 Å². The molecule has 2 N–H and O–H groups in total. The van der Waals surface area contributed by atoms with E-state index in [1.54, 1.807) is 0 Å². The molecule has 0 saturated heterocycles. The Bertz CT molecular complexity index is 150. The van der Waals surface area contributed by atoms with Gasteiger partial charge >= 0.3 is 0 Å². The van der Waals surface area contributed by atoms with E-state index in [2.05, 4.69) is 26.1 Å². The zero-order valence-electron chi connectivity index (χ0n) is 9.79. The summed E-state index contributed by atoms with van der Waals surface area (Å²) in [7, 11) is 0. The van der Waals surface area contributed by atoms with E-state index in [-0.39, 0.29) is 12.6 Å². The van der Waals surface area contributed by atoms with Crippen LogP contribution in [0, 0.1) is 11.8 Å². The van der Waals surface area contributed by atoms with Crippen molar-refractivity contribution in [3.05, 3.63) is 0 Å². The van der Waals surface area contributed by atoms with E-state index in [1.807, 2.05) is 0 Å². The molecule has 1 aliphatic rings. The first-order valence-corrected chi connectivity index (χ1v) is 6.00. The van der Waals surface area contributed by atoms with Gasteiger partial charge in [0, 0.05) is 12.1 Å². The second kappa shape index (κ2) is 5.72. The number of aliphatic hydroxyl groups excluding tert-OH is 1. The van der Waals surface area contributed by atoms with Crippen molar-refractivity contribution in [3.8, 4) is 0 Å². The minimum atomic E-state index is 0.254. The molecule has 14 heavy (non-hydrogen) atoms.